The summed E-state index contributed by atoms with van der Waals surface area (Å²) in [5, 5.41) is 9.17. The lowest BCUT2D eigenvalue weighted by molar-refractivity contribution is 0.343. The molecule has 2 heterocycles. The van der Waals surface area contributed by atoms with Crippen LogP contribution < -0.4 is 4.74 Å². The number of thioether (sulfide) groups is 1. The second kappa shape index (κ2) is 9.72. The predicted molar refractivity (Wildman–Crippen MR) is 120 cm³/mol. The van der Waals surface area contributed by atoms with Gasteiger partial charge in [0.1, 0.15) is 11.6 Å². The first-order valence-corrected chi connectivity index (χ1v) is 13.9. The molecule has 9 nitrogen and oxygen atoms in total. The standard InChI is InChI=1S/C19H26N4O5S3/c1-4-10-23-18(15-9-13-30(24,25)14-15)20-21-19(23)29-12-11-28-16-5-7-17(8-6-16)31(26,27)22(2)3/h4-8,15H,1,9-14H2,2-3H3. The monoisotopic (exact) mass is 486 g/mol. The number of allylic oxidation sites excluding steroid dienone is 1. The van der Waals surface area contributed by atoms with E-state index in [0.717, 1.165) is 4.31 Å². The number of benzene rings is 1. The molecule has 0 bridgehead atoms. The maximum atomic E-state index is 12.1. The Morgan fingerprint density at radius 1 is 1.29 bits per heavy atom. The lowest BCUT2D eigenvalue weighted by Crippen LogP contribution is -2.22. The molecule has 1 aromatic heterocycles. The smallest absolute Gasteiger partial charge is 0.242 e. The van der Waals surface area contributed by atoms with Crippen molar-refractivity contribution in [2.75, 3.05) is 38.0 Å². The third-order valence-corrected chi connectivity index (χ3v) is 9.37. The molecule has 0 aliphatic carbocycles. The highest BCUT2D eigenvalue weighted by molar-refractivity contribution is 7.99. The molecule has 0 spiro atoms. The topological polar surface area (TPSA) is 111 Å². The molecule has 1 fully saturated rings. The van der Waals surface area contributed by atoms with Crippen LogP contribution in [0.3, 0.4) is 0 Å². The Morgan fingerprint density at radius 2 is 2.00 bits per heavy atom. The van der Waals surface area contributed by atoms with Crippen molar-refractivity contribution >= 4 is 31.6 Å². The van der Waals surface area contributed by atoms with Gasteiger partial charge in [0.25, 0.3) is 0 Å². The first-order chi connectivity index (χ1) is 14.6. The van der Waals surface area contributed by atoms with Crippen molar-refractivity contribution in [3.63, 3.8) is 0 Å². The Labute approximate surface area is 187 Å². The minimum atomic E-state index is -3.47. The highest BCUT2D eigenvalue weighted by Crippen LogP contribution is 2.30. The maximum absolute atomic E-state index is 12.1. The molecular formula is C19H26N4O5S3. The second-order valence-electron chi connectivity index (χ2n) is 7.30. The number of sulfone groups is 1. The van der Waals surface area contributed by atoms with Crippen LogP contribution in [0, 0.1) is 0 Å². The molecule has 3 rings (SSSR count). The van der Waals surface area contributed by atoms with Crippen LogP contribution in [0.4, 0.5) is 0 Å². The minimum absolute atomic E-state index is 0.107. The highest BCUT2D eigenvalue weighted by atomic mass is 32.2. The van der Waals surface area contributed by atoms with Gasteiger partial charge in [-0.2, -0.15) is 0 Å². The van der Waals surface area contributed by atoms with E-state index in [1.807, 2.05) is 4.57 Å². The molecule has 1 saturated heterocycles. The molecule has 1 aliphatic rings. The van der Waals surface area contributed by atoms with E-state index in [1.165, 1.54) is 38.0 Å². The van der Waals surface area contributed by atoms with Gasteiger partial charge in [-0.05, 0) is 30.7 Å². The summed E-state index contributed by atoms with van der Waals surface area (Å²) in [5.74, 6) is 2.00. The van der Waals surface area contributed by atoms with Gasteiger partial charge < -0.3 is 9.30 Å². The quantitative estimate of drug-likeness (QED) is 0.284. The molecule has 1 atom stereocenters. The summed E-state index contributed by atoms with van der Waals surface area (Å²) < 4.78 is 56.6. The van der Waals surface area contributed by atoms with Crippen molar-refractivity contribution in [3.05, 3.63) is 42.7 Å². The number of sulfonamides is 1. The lowest BCUT2D eigenvalue weighted by Gasteiger charge is -2.12. The van der Waals surface area contributed by atoms with Gasteiger partial charge in [-0.1, -0.05) is 17.8 Å². The van der Waals surface area contributed by atoms with Crippen LogP contribution in [0.1, 0.15) is 18.2 Å². The largest absolute Gasteiger partial charge is 0.493 e. The third kappa shape index (κ3) is 5.68. The van der Waals surface area contributed by atoms with Gasteiger partial charge in [0.15, 0.2) is 15.0 Å². The van der Waals surface area contributed by atoms with Gasteiger partial charge in [0.05, 0.1) is 23.0 Å². The normalized spacial score (nSPS) is 18.4. The van der Waals surface area contributed by atoms with E-state index in [-0.39, 0.29) is 22.3 Å². The third-order valence-electron chi connectivity index (χ3n) is 4.84. The van der Waals surface area contributed by atoms with Crippen molar-refractivity contribution in [1.29, 1.82) is 0 Å². The van der Waals surface area contributed by atoms with Crippen LogP contribution >= 0.6 is 11.8 Å². The summed E-state index contributed by atoms with van der Waals surface area (Å²) >= 11 is 1.46. The van der Waals surface area contributed by atoms with E-state index in [1.54, 1.807) is 18.2 Å². The predicted octanol–water partition coefficient (Wildman–Crippen LogP) is 1.79. The van der Waals surface area contributed by atoms with Crippen molar-refractivity contribution < 1.29 is 21.6 Å². The van der Waals surface area contributed by atoms with E-state index < -0.39 is 19.9 Å². The molecule has 1 aromatic carbocycles. The summed E-state index contributed by atoms with van der Waals surface area (Å²) in [6.45, 7) is 4.66. The van der Waals surface area contributed by atoms with E-state index in [9.17, 15) is 16.8 Å². The average molecular weight is 487 g/mol. The minimum Gasteiger partial charge on any atom is -0.493 e. The molecular weight excluding hydrogens is 460 g/mol. The summed E-state index contributed by atoms with van der Waals surface area (Å²) in [4.78, 5) is 0.207. The van der Waals surface area contributed by atoms with Crippen molar-refractivity contribution in [2.45, 2.75) is 28.9 Å². The summed E-state index contributed by atoms with van der Waals surface area (Å²) in [6, 6.07) is 6.28. The zero-order valence-electron chi connectivity index (χ0n) is 17.5. The SMILES string of the molecule is C=CCn1c(SCCOc2ccc(S(=O)(=O)N(C)C)cc2)nnc1C1CCS(=O)(=O)C1. The van der Waals surface area contributed by atoms with Gasteiger partial charge in [-0.25, -0.2) is 21.1 Å². The lowest BCUT2D eigenvalue weighted by atomic mass is 10.1. The van der Waals surface area contributed by atoms with Gasteiger partial charge in [0.2, 0.25) is 10.0 Å². The van der Waals surface area contributed by atoms with Crippen LogP contribution in [-0.4, -0.2) is 73.9 Å². The molecule has 0 saturated carbocycles. The Bertz CT molecular complexity index is 1130. The van der Waals surface area contributed by atoms with E-state index >= 15 is 0 Å². The number of hydrogen-bond donors (Lipinski definition) is 0. The fraction of sp³-hybridized carbons (Fsp3) is 0.474. The number of rotatable bonds is 10. The van der Waals surface area contributed by atoms with Crippen LogP contribution in [-0.2, 0) is 26.4 Å². The Hall–Kier alpha value is -1.89. The number of hydrogen-bond acceptors (Lipinski definition) is 8. The van der Waals surface area contributed by atoms with Gasteiger partial charge in [-0.15, -0.1) is 16.8 Å². The Morgan fingerprint density at radius 3 is 2.58 bits per heavy atom. The van der Waals surface area contributed by atoms with Gasteiger partial charge in [-0.3, -0.25) is 0 Å². The molecule has 12 heteroatoms. The van der Waals surface area contributed by atoms with Crippen molar-refractivity contribution in [3.8, 4) is 5.75 Å². The molecule has 2 aromatic rings. The van der Waals surface area contributed by atoms with Crippen LogP contribution in [0.25, 0.3) is 0 Å². The molecule has 0 N–H and O–H groups in total. The molecule has 1 aliphatic heterocycles. The molecule has 170 valence electrons. The van der Waals surface area contributed by atoms with Crippen molar-refractivity contribution in [2.24, 2.45) is 0 Å². The molecule has 1 unspecified atom stereocenters. The van der Waals surface area contributed by atoms with Crippen LogP contribution in [0.5, 0.6) is 5.75 Å². The van der Waals surface area contributed by atoms with Crippen LogP contribution in [0.2, 0.25) is 0 Å². The molecule has 0 radical (unpaired) electrons. The number of aromatic nitrogens is 3. The average Bonchev–Trinajstić information content (AvgIpc) is 3.28. The van der Waals surface area contributed by atoms with E-state index in [2.05, 4.69) is 16.8 Å². The number of nitrogens with zero attached hydrogens (tertiary/aromatic N) is 4. The fourth-order valence-electron chi connectivity index (χ4n) is 3.22. The fourth-order valence-corrected chi connectivity index (χ4v) is 6.63. The molecule has 0 amide bonds. The number of ether oxygens (including phenoxy) is 1. The van der Waals surface area contributed by atoms with Gasteiger partial charge in [0, 0.05) is 32.3 Å². The summed E-state index contributed by atoms with van der Waals surface area (Å²) in [6.07, 6.45) is 2.30. The Balaban J connectivity index is 1.58. The second-order valence-corrected chi connectivity index (χ2v) is 12.7. The highest BCUT2D eigenvalue weighted by Gasteiger charge is 2.33. The summed E-state index contributed by atoms with van der Waals surface area (Å²) in [5.41, 5.74) is 0. The first kappa shape index (κ1) is 23.8. The Kier molecular flexibility index (Phi) is 7.45. The molecule has 31 heavy (non-hydrogen) atoms. The van der Waals surface area contributed by atoms with Crippen LogP contribution in [0.15, 0.2) is 47.0 Å². The first-order valence-electron chi connectivity index (χ1n) is 9.66. The van der Waals surface area contributed by atoms with E-state index in [4.69, 9.17) is 4.74 Å². The van der Waals surface area contributed by atoms with Gasteiger partial charge >= 0.3 is 0 Å². The summed E-state index contributed by atoms with van der Waals surface area (Å²) in [7, 11) is -3.51. The van der Waals surface area contributed by atoms with E-state index in [0.29, 0.717) is 42.1 Å². The zero-order valence-corrected chi connectivity index (χ0v) is 19.9. The zero-order chi connectivity index (χ0) is 22.6. The van der Waals surface area contributed by atoms with Crippen molar-refractivity contribution in [1.82, 2.24) is 19.1 Å². The maximum Gasteiger partial charge on any atom is 0.242 e.